The van der Waals surface area contributed by atoms with Crippen LogP contribution >= 0.6 is 0 Å². The Morgan fingerprint density at radius 1 is 1.15 bits per heavy atom. The van der Waals surface area contributed by atoms with E-state index in [-0.39, 0.29) is 28.6 Å². The Kier molecular flexibility index (Phi) is 6.06. The predicted molar refractivity (Wildman–Crippen MR) is 102 cm³/mol. The number of nitrogens with zero attached hydrogens (tertiary/aromatic N) is 2. The summed E-state index contributed by atoms with van der Waals surface area (Å²) in [5.74, 6) is 0.645. The number of benzene rings is 2. The molecule has 9 heteroatoms. The van der Waals surface area contributed by atoms with Crippen LogP contribution in [-0.2, 0) is 10.0 Å². The fourth-order valence-corrected chi connectivity index (χ4v) is 4.04. The Morgan fingerprint density at radius 3 is 2.37 bits per heavy atom. The number of ether oxygens (including phenoxy) is 2. The molecule has 144 valence electrons. The van der Waals surface area contributed by atoms with Gasteiger partial charge in [0.1, 0.15) is 0 Å². The second-order valence-corrected chi connectivity index (χ2v) is 7.43. The van der Waals surface area contributed by atoms with Crippen molar-refractivity contribution in [3.63, 3.8) is 0 Å². The molecule has 0 fully saturated rings. The maximum absolute atomic E-state index is 13.2. The summed E-state index contributed by atoms with van der Waals surface area (Å²) >= 11 is 0. The lowest BCUT2D eigenvalue weighted by molar-refractivity contribution is -0.384. The van der Waals surface area contributed by atoms with Crippen LogP contribution in [0.1, 0.15) is 5.56 Å². The van der Waals surface area contributed by atoms with Gasteiger partial charge in [-0.15, -0.1) is 6.58 Å². The monoisotopic (exact) mass is 392 g/mol. The van der Waals surface area contributed by atoms with Gasteiger partial charge in [-0.25, -0.2) is 8.42 Å². The average Bonchev–Trinajstić information content (AvgIpc) is 2.65. The third-order valence-electron chi connectivity index (χ3n) is 3.91. The van der Waals surface area contributed by atoms with E-state index in [2.05, 4.69) is 6.58 Å². The number of non-ortho nitro benzene ring substituents is 1. The molecule has 0 atom stereocenters. The molecule has 0 aliphatic heterocycles. The summed E-state index contributed by atoms with van der Waals surface area (Å²) in [5, 5.41) is 11.1. The van der Waals surface area contributed by atoms with Crippen LogP contribution in [0, 0.1) is 17.0 Å². The number of sulfonamides is 1. The van der Waals surface area contributed by atoms with Crippen molar-refractivity contribution in [1.29, 1.82) is 0 Å². The van der Waals surface area contributed by atoms with Gasteiger partial charge in [-0.3, -0.25) is 14.4 Å². The number of rotatable bonds is 8. The van der Waals surface area contributed by atoms with Crippen molar-refractivity contribution >= 4 is 21.4 Å². The Labute approximate surface area is 157 Å². The van der Waals surface area contributed by atoms with E-state index < -0.39 is 14.9 Å². The number of nitro benzene ring substituents is 1. The number of nitro groups is 1. The summed E-state index contributed by atoms with van der Waals surface area (Å²) in [6.07, 6.45) is 1.41. The van der Waals surface area contributed by atoms with Crippen molar-refractivity contribution in [3.05, 3.63) is 64.7 Å². The summed E-state index contributed by atoms with van der Waals surface area (Å²) in [7, 11) is -1.18. The van der Waals surface area contributed by atoms with Crippen LogP contribution in [0.25, 0.3) is 0 Å². The Morgan fingerprint density at radius 2 is 1.81 bits per heavy atom. The Hall–Kier alpha value is -3.07. The first-order valence-electron chi connectivity index (χ1n) is 7.87. The minimum absolute atomic E-state index is 0.0343. The molecule has 8 nitrogen and oxygen atoms in total. The van der Waals surface area contributed by atoms with Gasteiger partial charge in [-0.05, 0) is 24.6 Å². The molecule has 0 saturated heterocycles. The molecule has 0 aliphatic rings. The average molecular weight is 392 g/mol. The van der Waals surface area contributed by atoms with Crippen LogP contribution in [0.4, 0.5) is 11.4 Å². The maximum Gasteiger partial charge on any atom is 0.271 e. The molecule has 0 spiro atoms. The fraction of sp³-hybridized carbons (Fsp3) is 0.222. The molecular formula is C18H20N2O6S. The number of hydrogen-bond donors (Lipinski definition) is 0. The van der Waals surface area contributed by atoms with Crippen molar-refractivity contribution < 1.29 is 22.8 Å². The highest BCUT2D eigenvalue weighted by Gasteiger charge is 2.27. The standard InChI is InChI=1S/C18H20N2O6S/c1-5-10-19(16-11-14(20(21)22)7-6-13(16)2)27(23,24)15-8-9-17(25-3)18(12-15)26-4/h5-9,11-12H,1,10H2,2-4H3. The predicted octanol–water partition coefficient (Wildman–Crippen LogP) is 3.30. The van der Waals surface area contributed by atoms with Gasteiger partial charge in [0, 0.05) is 18.2 Å². The molecule has 0 saturated carbocycles. The first-order chi connectivity index (χ1) is 12.8. The van der Waals surface area contributed by atoms with E-state index in [1.807, 2.05) is 0 Å². The number of aryl methyl sites for hydroxylation is 1. The van der Waals surface area contributed by atoms with Gasteiger partial charge in [-0.2, -0.15) is 0 Å². The molecule has 0 aliphatic carbocycles. The van der Waals surface area contributed by atoms with Crippen molar-refractivity contribution in [3.8, 4) is 11.5 Å². The normalized spacial score (nSPS) is 10.9. The second-order valence-electron chi connectivity index (χ2n) is 5.57. The summed E-state index contributed by atoms with van der Waals surface area (Å²) in [4.78, 5) is 10.5. The SMILES string of the molecule is C=CCN(c1cc([N+](=O)[O-])ccc1C)S(=O)(=O)c1ccc(OC)c(OC)c1. The summed E-state index contributed by atoms with van der Waals surface area (Å²) in [6, 6.07) is 8.29. The zero-order valence-electron chi connectivity index (χ0n) is 15.2. The maximum atomic E-state index is 13.2. The van der Waals surface area contributed by atoms with Crippen molar-refractivity contribution in [2.75, 3.05) is 25.1 Å². The molecule has 0 heterocycles. The lowest BCUT2D eigenvalue weighted by Gasteiger charge is -2.25. The molecule has 2 aromatic carbocycles. The molecular weight excluding hydrogens is 372 g/mol. The van der Waals surface area contributed by atoms with Crippen LogP contribution in [0.2, 0.25) is 0 Å². The molecule has 0 unspecified atom stereocenters. The Bertz CT molecular complexity index is 972. The molecule has 2 aromatic rings. The first-order valence-corrected chi connectivity index (χ1v) is 9.31. The van der Waals surface area contributed by atoms with Gasteiger partial charge in [0.15, 0.2) is 11.5 Å². The van der Waals surface area contributed by atoms with Gasteiger partial charge >= 0.3 is 0 Å². The minimum atomic E-state index is -4.03. The van der Waals surface area contributed by atoms with Gasteiger partial charge in [0.2, 0.25) is 0 Å². The highest BCUT2D eigenvalue weighted by molar-refractivity contribution is 7.92. The van der Waals surface area contributed by atoms with Crippen molar-refractivity contribution in [1.82, 2.24) is 0 Å². The lowest BCUT2D eigenvalue weighted by atomic mass is 10.2. The van der Waals surface area contributed by atoms with Gasteiger partial charge < -0.3 is 9.47 Å². The second kappa shape index (κ2) is 8.09. The number of methoxy groups -OCH3 is 2. The highest BCUT2D eigenvalue weighted by Crippen LogP contribution is 2.34. The quantitative estimate of drug-likeness (QED) is 0.388. The van der Waals surface area contributed by atoms with Gasteiger partial charge in [0.25, 0.3) is 15.7 Å². The number of hydrogen-bond acceptors (Lipinski definition) is 6. The van der Waals surface area contributed by atoms with E-state index in [4.69, 9.17) is 9.47 Å². The molecule has 0 aromatic heterocycles. The van der Waals surface area contributed by atoms with Gasteiger partial charge in [0.05, 0.1) is 36.3 Å². The molecule has 2 rings (SSSR count). The van der Waals surface area contributed by atoms with Crippen LogP contribution in [0.15, 0.2) is 53.9 Å². The van der Waals surface area contributed by atoms with Crippen LogP contribution in [-0.4, -0.2) is 34.1 Å². The minimum Gasteiger partial charge on any atom is -0.493 e. The lowest BCUT2D eigenvalue weighted by Crippen LogP contribution is -2.31. The van der Waals surface area contributed by atoms with Gasteiger partial charge in [-0.1, -0.05) is 12.1 Å². The van der Waals surface area contributed by atoms with E-state index in [1.165, 1.54) is 56.7 Å². The highest BCUT2D eigenvalue weighted by atomic mass is 32.2. The van der Waals surface area contributed by atoms with E-state index in [1.54, 1.807) is 6.92 Å². The van der Waals surface area contributed by atoms with Crippen LogP contribution in [0.3, 0.4) is 0 Å². The molecule has 0 N–H and O–H groups in total. The molecule has 0 amide bonds. The summed E-state index contributed by atoms with van der Waals surface area (Å²) in [6.45, 7) is 5.22. The molecule has 27 heavy (non-hydrogen) atoms. The van der Waals surface area contributed by atoms with E-state index in [0.717, 1.165) is 4.31 Å². The van der Waals surface area contributed by atoms with E-state index in [9.17, 15) is 18.5 Å². The van der Waals surface area contributed by atoms with E-state index >= 15 is 0 Å². The molecule has 0 radical (unpaired) electrons. The van der Waals surface area contributed by atoms with E-state index in [0.29, 0.717) is 11.3 Å². The number of anilines is 1. The third-order valence-corrected chi connectivity index (χ3v) is 5.69. The zero-order chi connectivity index (χ0) is 20.2. The Balaban J connectivity index is 2.64. The van der Waals surface area contributed by atoms with Crippen molar-refractivity contribution in [2.45, 2.75) is 11.8 Å². The fourth-order valence-electron chi connectivity index (χ4n) is 2.53. The summed E-state index contributed by atoms with van der Waals surface area (Å²) in [5.41, 5.74) is 0.581. The smallest absolute Gasteiger partial charge is 0.271 e. The van der Waals surface area contributed by atoms with Crippen molar-refractivity contribution in [2.24, 2.45) is 0 Å². The van der Waals surface area contributed by atoms with Crippen LogP contribution < -0.4 is 13.8 Å². The third kappa shape index (κ3) is 4.03. The van der Waals surface area contributed by atoms with Crippen LogP contribution in [0.5, 0.6) is 11.5 Å². The summed E-state index contributed by atoms with van der Waals surface area (Å²) < 4.78 is 37.9. The molecule has 0 bridgehead atoms. The largest absolute Gasteiger partial charge is 0.493 e. The first kappa shape index (κ1) is 20.2. The topological polar surface area (TPSA) is 99.0 Å². The zero-order valence-corrected chi connectivity index (χ0v) is 16.0.